The number of carbonyl (C=O) groups excluding carboxylic acids is 2. The highest BCUT2D eigenvalue weighted by molar-refractivity contribution is 7.09. The van der Waals surface area contributed by atoms with Gasteiger partial charge in [0.05, 0.1) is 25.0 Å². The Hall–Kier alpha value is -3.20. The summed E-state index contributed by atoms with van der Waals surface area (Å²) >= 11 is 1.49. The quantitative estimate of drug-likeness (QED) is 0.562. The molecule has 0 aliphatic carbocycles. The first kappa shape index (κ1) is 20.5. The molecular formula is C20H23N5O3S. The molecule has 0 fully saturated rings. The van der Waals surface area contributed by atoms with Crippen molar-refractivity contribution in [2.24, 2.45) is 0 Å². The van der Waals surface area contributed by atoms with Crippen molar-refractivity contribution in [3.63, 3.8) is 0 Å². The molecule has 3 aromatic rings. The second kappa shape index (κ2) is 9.83. The van der Waals surface area contributed by atoms with Gasteiger partial charge < -0.3 is 15.4 Å². The number of benzene rings is 1. The van der Waals surface area contributed by atoms with E-state index < -0.39 is 0 Å². The Balaban J connectivity index is 1.47. The summed E-state index contributed by atoms with van der Waals surface area (Å²) in [5.74, 6) is 0.466. The molecular weight excluding hydrogens is 390 g/mol. The number of nitrogens with one attached hydrogen (secondary N) is 2. The molecule has 0 aliphatic heterocycles. The van der Waals surface area contributed by atoms with Crippen molar-refractivity contribution in [1.82, 2.24) is 20.1 Å². The third-order valence-electron chi connectivity index (χ3n) is 4.24. The van der Waals surface area contributed by atoms with E-state index in [1.54, 1.807) is 19.5 Å². The van der Waals surface area contributed by atoms with Crippen molar-refractivity contribution in [1.29, 1.82) is 0 Å². The number of hydrogen-bond donors (Lipinski definition) is 2. The summed E-state index contributed by atoms with van der Waals surface area (Å²) in [5.41, 5.74) is 1.53. The van der Waals surface area contributed by atoms with Gasteiger partial charge in [0.15, 0.2) is 0 Å². The van der Waals surface area contributed by atoms with Crippen LogP contribution in [-0.4, -0.2) is 33.7 Å². The summed E-state index contributed by atoms with van der Waals surface area (Å²) < 4.78 is 6.79. The number of methoxy groups -OCH3 is 1. The monoisotopic (exact) mass is 413 g/mol. The lowest BCUT2D eigenvalue weighted by Gasteiger charge is -2.11. The van der Waals surface area contributed by atoms with Crippen molar-refractivity contribution in [2.45, 2.75) is 32.4 Å². The van der Waals surface area contributed by atoms with Gasteiger partial charge in [-0.3, -0.25) is 14.3 Å². The topological polar surface area (TPSA) is 98.1 Å². The zero-order valence-corrected chi connectivity index (χ0v) is 17.1. The second-order valence-corrected chi connectivity index (χ2v) is 7.37. The average molecular weight is 414 g/mol. The molecule has 2 N–H and O–H groups in total. The summed E-state index contributed by atoms with van der Waals surface area (Å²) in [6, 6.07) is 7.46. The predicted octanol–water partition coefficient (Wildman–Crippen LogP) is 2.80. The molecule has 0 spiro atoms. The summed E-state index contributed by atoms with van der Waals surface area (Å²) in [4.78, 5) is 28.6. The van der Waals surface area contributed by atoms with E-state index in [1.807, 2.05) is 36.6 Å². The molecule has 1 unspecified atom stereocenters. The Morgan fingerprint density at radius 2 is 2.10 bits per heavy atom. The number of rotatable bonds is 9. The highest BCUT2D eigenvalue weighted by Crippen LogP contribution is 2.19. The van der Waals surface area contributed by atoms with E-state index in [2.05, 4.69) is 20.7 Å². The summed E-state index contributed by atoms with van der Waals surface area (Å²) in [6.45, 7) is 1.94. The Labute approximate surface area is 172 Å². The van der Waals surface area contributed by atoms with Gasteiger partial charge in [-0.1, -0.05) is 18.2 Å². The third kappa shape index (κ3) is 5.89. The molecule has 2 heterocycles. The van der Waals surface area contributed by atoms with E-state index in [9.17, 15) is 9.59 Å². The molecule has 2 aromatic heterocycles. The normalized spacial score (nSPS) is 11.7. The highest BCUT2D eigenvalue weighted by atomic mass is 32.1. The molecule has 1 aromatic carbocycles. The van der Waals surface area contributed by atoms with E-state index in [1.165, 1.54) is 22.2 Å². The fraction of sp³-hybridized carbons (Fsp3) is 0.300. The van der Waals surface area contributed by atoms with Gasteiger partial charge in [0.25, 0.3) is 0 Å². The standard InChI is InChI=1S/C20H23N5O3S/c1-14(20-21-9-10-29-20)23-19(27)13-25-12-16(11-22-25)24-18(26)8-7-15-5-3-4-6-17(15)28-2/h3-6,9-12,14H,7-8,13H2,1-2H3,(H,23,27)(H,24,26). The minimum Gasteiger partial charge on any atom is -0.496 e. The first-order valence-corrected chi connectivity index (χ1v) is 10.1. The number of ether oxygens (including phenoxy) is 1. The molecule has 0 aliphatic rings. The van der Waals surface area contributed by atoms with Gasteiger partial charge in [0.2, 0.25) is 11.8 Å². The van der Waals surface area contributed by atoms with Crippen LogP contribution in [0.2, 0.25) is 0 Å². The number of aromatic nitrogens is 3. The maximum absolute atomic E-state index is 12.2. The lowest BCUT2D eigenvalue weighted by Crippen LogP contribution is -2.30. The van der Waals surface area contributed by atoms with Crippen LogP contribution in [0, 0.1) is 0 Å². The van der Waals surface area contributed by atoms with Gasteiger partial charge in [-0.15, -0.1) is 11.3 Å². The Morgan fingerprint density at radius 3 is 2.86 bits per heavy atom. The van der Waals surface area contributed by atoms with Crippen LogP contribution in [0.5, 0.6) is 5.75 Å². The molecule has 9 heteroatoms. The summed E-state index contributed by atoms with van der Waals surface area (Å²) in [5, 5.41) is 12.5. The first-order valence-electron chi connectivity index (χ1n) is 9.18. The number of amides is 2. The van der Waals surface area contributed by atoms with E-state index in [4.69, 9.17) is 4.74 Å². The Morgan fingerprint density at radius 1 is 1.28 bits per heavy atom. The van der Waals surface area contributed by atoms with Crippen LogP contribution in [0.3, 0.4) is 0 Å². The molecule has 8 nitrogen and oxygen atoms in total. The predicted molar refractivity (Wildman–Crippen MR) is 111 cm³/mol. The van der Waals surface area contributed by atoms with Crippen molar-refractivity contribution < 1.29 is 14.3 Å². The molecule has 0 radical (unpaired) electrons. The molecule has 3 rings (SSSR count). The molecule has 0 bridgehead atoms. The van der Waals surface area contributed by atoms with Crippen LogP contribution in [0.1, 0.15) is 30.0 Å². The number of para-hydroxylation sites is 1. The second-order valence-electron chi connectivity index (χ2n) is 6.45. The zero-order chi connectivity index (χ0) is 20.6. The molecule has 152 valence electrons. The SMILES string of the molecule is COc1ccccc1CCC(=O)Nc1cnn(CC(=O)NC(C)c2nccs2)c1. The number of hydrogen-bond acceptors (Lipinski definition) is 6. The summed E-state index contributed by atoms with van der Waals surface area (Å²) in [7, 11) is 1.61. The van der Waals surface area contributed by atoms with Crippen molar-refractivity contribution >= 4 is 28.8 Å². The lowest BCUT2D eigenvalue weighted by atomic mass is 10.1. The Kier molecular flexibility index (Phi) is 6.96. The van der Waals surface area contributed by atoms with E-state index in [-0.39, 0.29) is 24.4 Å². The van der Waals surface area contributed by atoms with Gasteiger partial charge in [-0.25, -0.2) is 4.98 Å². The van der Waals surface area contributed by atoms with Crippen LogP contribution in [-0.2, 0) is 22.6 Å². The van der Waals surface area contributed by atoms with Gasteiger partial charge in [-0.2, -0.15) is 5.10 Å². The molecule has 0 saturated carbocycles. The van der Waals surface area contributed by atoms with Crippen molar-refractivity contribution in [3.8, 4) is 5.75 Å². The number of carbonyl (C=O) groups is 2. The minimum atomic E-state index is -0.176. The van der Waals surface area contributed by atoms with Gasteiger partial charge >= 0.3 is 0 Å². The number of aryl methyl sites for hydroxylation is 1. The van der Waals surface area contributed by atoms with Crippen LogP contribution in [0.25, 0.3) is 0 Å². The fourth-order valence-corrected chi connectivity index (χ4v) is 3.49. The number of nitrogens with zero attached hydrogens (tertiary/aromatic N) is 3. The number of thiazole rings is 1. The highest BCUT2D eigenvalue weighted by Gasteiger charge is 2.13. The molecule has 2 amide bonds. The molecule has 1 atom stereocenters. The minimum absolute atomic E-state index is 0.0623. The van der Waals surface area contributed by atoms with Gasteiger partial charge in [0.1, 0.15) is 17.3 Å². The van der Waals surface area contributed by atoms with Crippen LogP contribution in [0.4, 0.5) is 5.69 Å². The maximum atomic E-state index is 12.2. The Bertz CT molecular complexity index is 955. The fourth-order valence-electron chi connectivity index (χ4n) is 2.84. The van der Waals surface area contributed by atoms with Crippen LogP contribution < -0.4 is 15.4 Å². The molecule has 0 saturated heterocycles. The van der Waals surface area contributed by atoms with E-state index >= 15 is 0 Å². The number of anilines is 1. The molecule has 29 heavy (non-hydrogen) atoms. The van der Waals surface area contributed by atoms with Gasteiger partial charge in [-0.05, 0) is 25.0 Å². The smallest absolute Gasteiger partial charge is 0.242 e. The lowest BCUT2D eigenvalue weighted by molar-refractivity contribution is -0.122. The van der Waals surface area contributed by atoms with E-state index in [0.29, 0.717) is 18.5 Å². The third-order valence-corrected chi connectivity index (χ3v) is 5.19. The van der Waals surface area contributed by atoms with Crippen molar-refractivity contribution in [3.05, 3.63) is 58.8 Å². The summed E-state index contributed by atoms with van der Waals surface area (Å²) in [6.07, 6.45) is 5.75. The largest absolute Gasteiger partial charge is 0.496 e. The van der Waals surface area contributed by atoms with Gasteiger partial charge in [0, 0.05) is 24.2 Å². The first-order chi connectivity index (χ1) is 14.0. The van der Waals surface area contributed by atoms with Crippen molar-refractivity contribution in [2.75, 3.05) is 12.4 Å². The average Bonchev–Trinajstić information content (AvgIpc) is 3.39. The van der Waals surface area contributed by atoms with E-state index in [0.717, 1.165) is 16.3 Å². The zero-order valence-electron chi connectivity index (χ0n) is 16.3. The van der Waals surface area contributed by atoms with Crippen LogP contribution in [0.15, 0.2) is 48.2 Å². The van der Waals surface area contributed by atoms with Crippen LogP contribution >= 0.6 is 11.3 Å². The maximum Gasteiger partial charge on any atom is 0.242 e.